The molecule has 0 fully saturated rings. The number of aromatic amines is 1. The SMILES string of the molecule is COc1ccc(CCN(Cc2cc3c(C)ccc(C)c3[nH]c2=O)C(=O)NCc2ccccc2)cc1OC. The number of fused-ring (bicyclic) bond motifs is 1. The van der Waals surface area contributed by atoms with Crippen LogP contribution in [0.5, 0.6) is 11.5 Å². The van der Waals surface area contributed by atoms with Crippen LogP contribution >= 0.6 is 0 Å². The van der Waals surface area contributed by atoms with Crippen LogP contribution in [0.1, 0.15) is 27.8 Å². The molecule has 37 heavy (non-hydrogen) atoms. The summed E-state index contributed by atoms with van der Waals surface area (Å²) < 4.78 is 10.8. The molecule has 0 aliphatic rings. The molecule has 1 heterocycles. The van der Waals surface area contributed by atoms with Crippen molar-refractivity contribution in [2.24, 2.45) is 0 Å². The zero-order valence-electron chi connectivity index (χ0n) is 21.8. The van der Waals surface area contributed by atoms with Gasteiger partial charge < -0.3 is 24.7 Å². The van der Waals surface area contributed by atoms with E-state index < -0.39 is 0 Å². The summed E-state index contributed by atoms with van der Waals surface area (Å²) in [6.07, 6.45) is 0.586. The zero-order chi connectivity index (χ0) is 26.4. The van der Waals surface area contributed by atoms with Gasteiger partial charge in [0.25, 0.3) is 5.56 Å². The number of benzene rings is 3. The second-order valence-electron chi connectivity index (χ2n) is 9.12. The molecule has 0 bridgehead atoms. The zero-order valence-corrected chi connectivity index (χ0v) is 21.8. The molecule has 0 aliphatic heterocycles. The van der Waals surface area contributed by atoms with Crippen LogP contribution < -0.4 is 20.3 Å². The summed E-state index contributed by atoms with van der Waals surface area (Å²) in [5.41, 5.74) is 5.28. The van der Waals surface area contributed by atoms with Gasteiger partial charge >= 0.3 is 6.03 Å². The van der Waals surface area contributed by atoms with E-state index in [1.165, 1.54) is 0 Å². The number of nitrogens with zero attached hydrogens (tertiary/aromatic N) is 1. The van der Waals surface area contributed by atoms with Crippen LogP contribution in [0.2, 0.25) is 0 Å². The van der Waals surface area contributed by atoms with Crippen LogP contribution in [-0.4, -0.2) is 36.7 Å². The number of aryl methyl sites for hydroxylation is 2. The Bertz CT molecular complexity index is 1450. The number of amides is 2. The summed E-state index contributed by atoms with van der Waals surface area (Å²) in [6.45, 7) is 5.00. The molecule has 4 rings (SSSR count). The number of methoxy groups -OCH3 is 2. The lowest BCUT2D eigenvalue weighted by atomic mass is 10.0. The van der Waals surface area contributed by atoms with Crippen molar-refractivity contribution in [3.63, 3.8) is 0 Å². The van der Waals surface area contributed by atoms with Crippen LogP contribution in [-0.2, 0) is 19.5 Å². The van der Waals surface area contributed by atoms with E-state index in [1.54, 1.807) is 19.1 Å². The summed E-state index contributed by atoms with van der Waals surface area (Å²) in [5, 5.41) is 3.99. The Morgan fingerprint density at radius 2 is 1.62 bits per heavy atom. The number of urea groups is 1. The molecule has 0 aliphatic carbocycles. The number of hydrogen-bond acceptors (Lipinski definition) is 4. The number of hydrogen-bond donors (Lipinski definition) is 2. The van der Waals surface area contributed by atoms with E-state index in [2.05, 4.69) is 10.3 Å². The molecule has 7 heteroatoms. The molecule has 1 aromatic heterocycles. The number of carbonyl (C=O) groups is 1. The Hall–Kier alpha value is -4.26. The van der Waals surface area contributed by atoms with E-state index in [0.717, 1.165) is 33.2 Å². The van der Waals surface area contributed by atoms with Gasteiger partial charge in [0.15, 0.2) is 11.5 Å². The van der Waals surface area contributed by atoms with Crippen LogP contribution in [0.25, 0.3) is 10.9 Å². The van der Waals surface area contributed by atoms with E-state index in [-0.39, 0.29) is 18.1 Å². The second kappa shape index (κ2) is 11.6. The Morgan fingerprint density at radius 1 is 0.892 bits per heavy atom. The lowest BCUT2D eigenvalue weighted by Gasteiger charge is -2.24. The van der Waals surface area contributed by atoms with Crippen molar-refractivity contribution in [1.29, 1.82) is 0 Å². The molecular formula is C30H33N3O4. The summed E-state index contributed by atoms with van der Waals surface area (Å²) in [7, 11) is 3.20. The van der Waals surface area contributed by atoms with Gasteiger partial charge in [-0.15, -0.1) is 0 Å². The minimum absolute atomic E-state index is 0.187. The average Bonchev–Trinajstić information content (AvgIpc) is 2.92. The lowest BCUT2D eigenvalue weighted by Crippen LogP contribution is -2.41. The fourth-order valence-electron chi connectivity index (χ4n) is 4.38. The second-order valence-corrected chi connectivity index (χ2v) is 9.12. The van der Waals surface area contributed by atoms with E-state index in [0.29, 0.717) is 36.6 Å². The highest BCUT2D eigenvalue weighted by atomic mass is 16.5. The van der Waals surface area contributed by atoms with Gasteiger partial charge in [-0.25, -0.2) is 4.79 Å². The maximum absolute atomic E-state index is 13.3. The third kappa shape index (κ3) is 6.12. The lowest BCUT2D eigenvalue weighted by molar-refractivity contribution is 0.195. The molecule has 7 nitrogen and oxygen atoms in total. The average molecular weight is 500 g/mol. The minimum Gasteiger partial charge on any atom is -0.493 e. The number of carbonyl (C=O) groups excluding carboxylic acids is 1. The molecule has 0 radical (unpaired) electrons. The van der Waals surface area contributed by atoms with Crippen LogP contribution in [0.15, 0.2) is 71.5 Å². The van der Waals surface area contributed by atoms with E-state index >= 15 is 0 Å². The minimum atomic E-state index is -0.232. The summed E-state index contributed by atoms with van der Waals surface area (Å²) in [4.78, 5) is 31.0. The highest BCUT2D eigenvalue weighted by Gasteiger charge is 2.17. The molecule has 2 amide bonds. The van der Waals surface area contributed by atoms with Crippen molar-refractivity contribution < 1.29 is 14.3 Å². The quantitative estimate of drug-likeness (QED) is 0.335. The number of H-pyrrole nitrogens is 1. The predicted molar refractivity (Wildman–Crippen MR) is 146 cm³/mol. The van der Waals surface area contributed by atoms with Crippen molar-refractivity contribution in [2.45, 2.75) is 33.4 Å². The molecule has 4 aromatic rings. The predicted octanol–water partition coefficient (Wildman–Crippen LogP) is 5.12. The Balaban J connectivity index is 1.59. The maximum Gasteiger partial charge on any atom is 0.317 e. The number of nitrogens with one attached hydrogen (secondary N) is 2. The smallest absolute Gasteiger partial charge is 0.317 e. The van der Waals surface area contributed by atoms with Gasteiger partial charge in [-0.1, -0.05) is 48.5 Å². The number of aromatic nitrogens is 1. The van der Waals surface area contributed by atoms with E-state index in [1.807, 2.05) is 80.6 Å². The van der Waals surface area contributed by atoms with Gasteiger partial charge in [0.05, 0.1) is 26.3 Å². The number of rotatable bonds is 9. The van der Waals surface area contributed by atoms with Gasteiger partial charge in [0.1, 0.15) is 0 Å². The van der Waals surface area contributed by atoms with Crippen LogP contribution in [0.3, 0.4) is 0 Å². The first-order valence-corrected chi connectivity index (χ1v) is 12.3. The van der Waals surface area contributed by atoms with E-state index in [9.17, 15) is 9.59 Å². The molecule has 0 spiro atoms. The topological polar surface area (TPSA) is 83.7 Å². The Morgan fingerprint density at radius 3 is 2.35 bits per heavy atom. The summed E-state index contributed by atoms with van der Waals surface area (Å²) >= 11 is 0. The van der Waals surface area contributed by atoms with Crippen molar-refractivity contribution >= 4 is 16.9 Å². The third-order valence-electron chi connectivity index (χ3n) is 6.57. The molecule has 2 N–H and O–H groups in total. The van der Waals surface area contributed by atoms with Crippen LogP contribution in [0, 0.1) is 13.8 Å². The van der Waals surface area contributed by atoms with Gasteiger partial charge in [-0.05, 0) is 60.7 Å². The highest BCUT2D eigenvalue weighted by Crippen LogP contribution is 2.28. The molecule has 0 atom stereocenters. The highest BCUT2D eigenvalue weighted by molar-refractivity contribution is 5.85. The molecule has 0 unspecified atom stereocenters. The first-order valence-electron chi connectivity index (χ1n) is 12.3. The number of ether oxygens (including phenoxy) is 2. The summed E-state index contributed by atoms with van der Waals surface area (Å²) in [6, 6.07) is 21.2. The van der Waals surface area contributed by atoms with Crippen molar-refractivity contribution in [2.75, 3.05) is 20.8 Å². The van der Waals surface area contributed by atoms with Gasteiger partial charge in [-0.3, -0.25) is 4.79 Å². The van der Waals surface area contributed by atoms with Gasteiger partial charge in [0.2, 0.25) is 0 Å². The maximum atomic E-state index is 13.3. The third-order valence-corrected chi connectivity index (χ3v) is 6.57. The van der Waals surface area contributed by atoms with Crippen molar-refractivity contribution in [3.05, 3.63) is 105 Å². The fourth-order valence-corrected chi connectivity index (χ4v) is 4.38. The molecule has 0 saturated heterocycles. The fraction of sp³-hybridized carbons (Fsp3) is 0.267. The normalized spacial score (nSPS) is 10.8. The van der Waals surface area contributed by atoms with Gasteiger partial charge in [0, 0.05) is 24.0 Å². The first-order chi connectivity index (χ1) is 17.9. The number of pyridine rings is 1. The largest absolute Gasteiger partial charge is 0.493 e. The van der Waals surface area contributed by atoms with Crippen LogP contribution in [0.4, 0.5) is 4.79 Å². The van der Waals surface area contributed by atoms with Crippen molar-refractivity contribution in [1.82, 2.24) is 15.2 Å². The Kier molecular flexibility index (Phi) is 8.13. The molecule has 192 valence electrons. The van der Waals surface area contributed by atoms with Crippen molar-refractivity contribution in [3.8, 4) is 11.5 Å². The van der Waals surface area contributed by atoms with E-state index in [4.69, 9.17) is 9.47 Å². The Labute approximate surface area is 217 Å². The first kappa shape index (κ1) is 25.8. The molecule has 3 aromatic carbocycles. The monoisotopic (exact) mass is 499 g/mol. The molecule has 0 saturated carbocycles. The van der Waals surface area contributed by atoms with Gasteiger partial charge in [-0.2, -0.15) is 0 Å². The summed E-state index contributed by atoms with van der Waals surface area (Å²) in [5.74, 6) is 1.29. The standard InChI is InChI=1S/C30H33N3O4/c1-20-10-11-21(2)28-25(20)17-24(29(34)32-28)19-33(30(35)31-18-23-8-6-5-7-9-23)15-14-22-12-13-26(36-3)27(16-22)37-4/h5-13,16-17H,14-15,18-19H2,1-4H3,(H,31,35)(H,32,34). The molecular weight excluding hydrogens is 466 g/mol.